The van der Waals surface area contributed by atoms with Gasteiger partial charge in [-0.15, -0.1) is 11.3 Å². The number of cyclic esters (lactones) is 1. The molecule has 3 fully saturated rings. The number of aliphatic hydroxyl groups excluding tert-OH is 1. The molecule has 0 saturated carbocycles. The van der Waals surface area contributed by atoms with E-state index in [0.29, 0.717) is 29.4 Å². The number of alkyl halides is 1. The zero-order chi connectivity index (χ0) is 46.6. The molecule has 3 aliphatic heterocycles. The highest BCUT2D eigenvalue weighted by atomic mass is 32.1. The largest absolute Gasteiger partial charge is 0.457 e. The third-order valence-electron chi connectivity index (χ3n) is 13.1. The molecule has 0 aromatic carbocycles. The van der Waals surface area contributed by atoms with Gasteiger partial charge in [-0.25, -0.2) is 19.2 Å². The molecule has 0 unspecified atom stereocenters. The number of Topliss-reactive ketones (excluding diaryl/α,β-unsaturated/α-hetero) is 1. The number of ketones is 1. The number of hydrogen-bond donors (Lipinski definition) is 3. The average molecular weight is 903 g/mol. The monoisotopic (exact) mass is 902 g/mol. The zero-order valence-corrected chi connectivity index (χ0v) is 39.3. The summed E-state index contributed by atoms with van der Waals surface area (Å²) in [5.74, 6) is -5.90. The molecule has 13 atom stereocenters. The van der Waals surface area contributed by atoms with Crippen molar-refractivity contribution < 1.29 is 52.8 Å². The maximum atomic E-state index is 17.0. The van der Waals surface area contributed by atoms with Crippen LogP contribution in [0.2, 0.25) is 0 Å². The van der Waals surface area contributed by atoms with Crippen LogP contribution in [-0.4, -0.2) is 128 Å². The Morgan fingerprint density at radius 2 is 1.84 bits per heavy atom. The van der Waals surface area contributed by atoms with Crippen molar-refractivity contribution in [3.63, 3.8) is 0 Å². The normalized spacial score (nSPS) is 37.6. The van der Waals surface area contributed by atoms with Crippen LogP contribution in [0.5, 0.6) is 0 Å². The van der Waals surface area contributed by atoms with E-state index < -0.39 is 82.9 Å². The van der Waals surface area contributed by atoms with Crippen molar-refractivity contribution in [2.45, 2.75) is 161 Å². The molecule has 350 valence electrons. The SMILES string of the molecule is CCC(=O)/N=C1\[C@H](C)C[C@@]2(C)OC/C(=N/OCc3ccc(-c4nc(N)cs4)cn3)CC[C@H]([C@H]1C)[C@](C)(O)[C@@H](CC)OC(=O)[C@@](C)(F)C(=O)[C@H](C)[C@H]2O[C@@H]1O[C@H](C)C[C@H](N(C)C)[C@H]1O. The van der Waals surface area contributed by atoms with Crippen LogP contribution in [0, 0.1) is 23.7 Å². The number of aromatic nitrogens is 2. The number of oxime groups is 1. The number of halogens is 1. The van der Waals surface area contributed by atoms with Crippen LogP contribution in [-0.2, 0) is 44.8 Å². The summed E-state index contributed by atoms with van der Waals surface area (Å²) in [7, 11) is 3.66. The first-order valence-corrected chi connectivity index (χ1v) is 22.8. The number of carbonyl (C=O) groups excluding carboxylic acids is 3. The predicted octanol–water partition coefficient (Wildman–Crippen LogP) is 5.72. The van der Waals surface area contributed by atoms with Crippen LogP contribution < -0.4 is 5.73 Å². The van der Waals surface area contributed by atoms with E-state index in [2.05, 4.69) is 20.1 Å². The molecule has 18 heteroatoms. The number of anilines is 1. The number of amides is 1. The van der Waals surface area contributed by atoms with E-state index in [4.69, 9.17) is 29.5 Å². The molecule has 16 nitrogen and oxygen atoms in total. The van der Waals surface area contributed by atoms with Gasteiger partial charge in [0.25, 0.3) is 5.67 Å². The van der Waals surface area contributed by atoms with Crippen LogP contribution in [0.25, 0.3) is 10.6 Å². The molecule has 63 heavy (non-hydrogen) atoms. The molecule has 2 bridgehead atoms. The van der Waals surface area contributed by atoms with E-state index in [1.54, 1.807) is 38.4 Å². The Morgan fingerprint density at radius 3 is 2.44 bits per heavy atom. The fourth-order valence-corrected chi connectivity index (χ4v) is 10.1. The molecule has 3 aliphatic rings. The lowest BCUT2D eigenvalue weighted by Crippen LogP contribution is -2.61. The van der Waals surface area contributed by atoms with Crippen LogP contribution >= 0.6 is 11.3 Å². The third-order valence-corrected chi connectivity index (χ3v) is 14.0. The number of nitrogen functional groups attached to an aromatic ring is 1. The predicted molar refractivity (Wildman–Crippen MR) is 237 cm³/mol. The Labute approximate surface area is 374 Å². The molecular formula is C45H67FN6O10S. The second kappa shape index (κ2) is 20.6. The first-order valence-electron chi connectivity index (χ1n) is 21.9. The molecule has 0 radical (unpaired) electrons. The summed E-state index contributed by atoms with van der Waals surface area (Å²) in [6.45, 7) is 14.3. The van der Waals surface area contributed by atoms with Gasteiger partial charge in [-0.05, 0) is 97.9 Å². The summed E-state index contributed by atoms with van der Waals surface area (Å²) < 4.78 is 42.6. The Morgan fingerprint density at radius 1 is 1.13 bits per heavy atom. The van der Waals surface area contributed by atoms with E-state index in [1.807, 2.05) is 45.8 Å². The van der Waals surface area contributed by atoms with Crippen LogP contribution in [0.15, 0.2) is 33.9 Å². The number of nitrogens with two attached hydrogens (primary N) is 1. The third kappa shape index (κ3) is 11.4. The average Bonchev–Trinajstić information content (AvgIpc) is 3.67. The maximum Gasteiger partial charge on any atom is 0.351 e. The van der Waals surface area contributed by atoms with E-state index in [-0.39, 0.29) is 57.3 Å². The second-order valence-electron chi connectivity index (χ2n) is 18.3. The first-order chi connectivity index (χ1) is 29.5. The molecule has 3 saturated heterocycles. The Kier molecular flexibility index (Phi) is 16.4. The summed E-state index contributed by atoms with van der Waals surface area (Å²) in [6.07, 6.45) is -2.71. The summed E-state index contributed by atoms with van der Waals surface area (Å²) in [6, 6.07) is 3.26. The van der Waals surface area contributed by atoms with E-state index >= 15 is 4.39 Å². The number of pyridine rings is 1. The fraction of sp³-hybridized carbons (Fsp3) is 0.711. The molecule has 0 spiro atoms. The van der Waals surface area contributed by atoms with Gasteiger partial charge in [-0.1, -0.05) is 39.8 Å². The number of nitrogens with zero attached hydrogens (tertiary/aromatic N) is 5. The lowest BCUT2D eigenvalue weighted by molar-refractivity contribution is -0.296. The van der Waals surface area contributed by atoms with Gasteiger partial charge in [0.15, 0.2) is 18.7 Å². The highest BCUT2D eigenvalue weighted by Gasteiger charge is 2.56. The molecule has 0 aliphatic carbocycles. The fourth-order valence-electron chi connectivity index (χ4n) is 9.42. The summed E-state index contributed by atoms with van der Waals surface area (Å²) in [5.41, 5.74) is 1.52. The summed E-state index contributed by atoms with van der Waals surface area (Å²) in [4.78, 5) is 62.9. The molecule has 2 aromatic rings. The van der Waals surface area contributed by atoms with Gasteiger partial charge in [0.2, 0.25) is 5.91 Å². The number of carbonyl (C=O) groups is 3. The van der Waals surface area contributed by atoms with Crippen molar-refractivity contribution in [2.75, 3.05) is 26.4 Å². The second-order valence-corrected chi connectivity index (χ2v) is 19.1. The van der Waals surface area contributed by atoms with Gasteiger partial charge in [-0.2, -0.15) is 0 Å². The molecule has 2 aromatic heterocycles. The number of thiazole rings is 1. The number of likely N-dealkylation sites (N-methyl/N-ethyl adjacent to an activating group) is 1. The van der Waals surface area contributed by atoms with Crippen LogP contribution in [0.4, 0.5) is 10.2 Å². The van der Waals surface area contributed by atoms with Crippen LogP contribution in [0.3, 0.4) is 0 Å². The first kappa shape index (κ1) is 50.2. The molecule has 5 rings (SSSR count). The number of fused-ring (bicyclic) bond motifs is 5. The minimum atomic E-state index is -3.19. The maximum absolute atomic E-state index is 17.0. The van der Waals surface area contributed by atoms with Gasteiger partial charge < -0.3 is 44.6 Å². The van der Waals surface area contributed by atoms with Gasteiger partial charge in [0.1, 0.15) is 28.6 Å². The van der Waals surface area contributed by atoms with Crippen molar-refractivity contribution in [3.05, 3.63) is 29.4 Å². The van der Waals surface area contributed by atoms with Gasteiger partial charge in [0, 0.05) is 47.2 Å². The Balaban J connectivity index is 1.66. The van der Waals surface area contributed by atoms with Crippen molar-refractivity contribution >= 4 is 46.2 Å². The summed E-state index contributed by atoms with van der Waals surface area (Å²) in [5, 5.41) is 31.3. The highest BCUT2D eigenvalue weighted by Crippen LogP contribution is 2.43. The lowest BCUT2D eigenvalue weighted by atomic mass is 9.68. The smallest absolute Gasteiger partial charge is 0.351 e. The van der Waals surface area contributed by atoms with E-state index in [1.165, 1.54) is 25.2 Å². The number of ether oxygens (including phenoxy) is 4. The lowest BCUT2D eigenvalue weighted by Gasteiger charge is -2.48. The number of aliphatic imine (C=N–C) groups is 1. The van der Waals surface area contributed by atoms with Gasteiger partial charge >= 0.3 is 5.97 Å². The number of rotatable bonds is 9. The standard InChI is InChI=1S/C45H67FN6O10S/c1-12-33-45(9,57)31-17-16-30(51-59-22-29-15-14-28(20-48-29)40-49-34(47)23-63-40)21-58-43(7,19-24(3)36(26(31)5)50-35(53)13-2)39(27(6)38(55)44(8,46)42(56)61-33)62-41-37(54)32(52(10)11)18-25(4)60-41/h14-15,20,23-27,31-33,37,39,41,54,57H,12-13,16-19,21-22,47H2,1-11H3/b50-36+,51-30+/t24-,25-,26-,27+,31-,32+,33-,37-,39-,41+,43-,44+,45+/m1/s1. The highest BCUT2D eigenvalue weighted by molar-refractivity contribution is 7.13. The number of hydrogen-bond acceptors (Lipinski definition) is 16. The molecular weight excluding hydrogens is 836 g/mol. The number of aliphatic hydroxyl groups is 2. The van der Waals surface area contributed by atoms with Crippen molar-refractivity contribution in [3.8, 4) is 10.6 Å². The van der Waals surface area contributed by atoms with Crippen molar-refractivity contribution in [1.82, 2.24) is 14.9 Å². The molecule has 4 N–H and O–H groups in total. The van der Waals surface area contributed by atoms with Crippen LogP contribution in [0.1, 0.15) is 107 Å². The van der Waals surface area contributed by atoms with Gasteiger partial charge in [0.05, 0.1) is 35.8 Å². The number of esters is 1. The molecule has 5 heterocycles. The zero-order valence-electron chi connectivity index (χ0n) is 38.5. The van der Waals surface area contributed by atoms with E-state index in [0.717, 1.165) is 17.5 Å². The Bertz CT molecular complexity index is 1980. The molecule has 1 amide bonds. The van der Waals surface area contributed by atoms with E-state index in [9.17, 15) is 24.6 Å². The van der Waals surface area contributed by atoms with Crippen molar-refractivity contribution in [2.24, 2.45) is 33.8 Å². The quantitative estimate of drug-likeness (QED) is 0.156. The topological polar surface area (TPSA) is 218 Å². The minimum Gasteiger partial charge on any atom is -0.457 e. The summed E-state index contributed by atoms with van der Waals surface area (Å²) >= 11 is 1.41. The minimum absolute atomic E-state index is 0.00603. The Hall–Kier alpha value is -3.78. The van der Waals surface area contributed by atoms with Crippen molar-refractivity contribution in [1.29, 1.82) is 0 Å². The van der Waals surface area contributed by atoms with Gasteiger partial charge in [-0.3, -0.25) is 14.6 Å².